The molecular formula is C13H19BClNO3. The van der Waals surface area contributed by atoms with E-state index in [-0.39, 0.29) is 16.4 Å². The van der Waals surface area contributed by atoms with Crippen LogP contribution in [0.4, 0.5) is 0 Å². The van der Waals surface area contributed by atoms with Crippen LogP contribution in [0.3, 0.4) is 0 Å². The summed E-state index contributed by atoms with van der Waals surface area (Å²) in [6.07, 6.45) is 0. The van der Waals surface area contributed by atoms with Gasteiger partial charge >= 0.3 is 7.12 Å². The molecule has 0 heterocycles. The molecule has 0 saturated carbocycles. The van der Waals surface area contributed by atoms with E-state index in [0.29, 0.717) is 5.56 Å². The average molecular weight is 284 g/mol. The minimum Gasteiger partial charge on any atom is -0.423 e. The molecule has 0 fully saturated rings. The molecule has 104 valence electrons. The zero-order valence-electron chi connectivity index (χ0n) is 11.3. The molecule has 0 aliphatic rings. The van der Waals surface area contributed by atoms with Crippen LogP contribution in [-0.2, 0) is 0 Å². The highest BCUT2D eigenvalue weighted by Crippen LogP contribution is 2.15. The number of halogens is 1. The molecule has 6 heteroatoms. The van der Waals surface area contributed by atoms with Gasteiger partial charge < -0.3 is 14.9 Å². The second-order valence-electron chi connectivity index (χ2n) is 3.31. The molecule has 1 aromatic carbocycles. The van der Waals surface area contributed by atoms with Crippen molar-refractivity contribution >= 4 is 30.1 Å². The van der Waals surface area contributed by atoms with Crippen molar-refractivity contribution in [3.05, 3.63) is 55.1 Å². The fourth-order valence-electron chi connectivity index (χ4n) is 1.11. The maximum atomic E-state index is 11.6. The molecule has 4 nitrogen and oxygen atoms in total. The molecule has 1 rings (SSSR count). The van der Waals surface area contributed by atoms with Crippen molar-refractivity contribution in [2.45, 2.75) is 0 Å². The minimum absolute atomic E-state index is 0.208. The summed E-state index contributed by atoms with van der Waals surface area (Å²) in [6, 6.07) is 4.29. The second kappa shape index (κ2) is 10.4. The van der Waals surface area contributed by atoms with E-state index in [9.17, 15) is 4.79 Å². The zero-order valence-corrected chi connectivity index (χ0v) is 12.0. The quantitative estimate of drug-likeness (QED) is 0.636. The number of hydrogen-bond donors (Lipinski definition) is 2. The normalized spacial score (nSPS) is 8.26. The lowest BCUT2D eigenvalue weighted by atomic mass is 9.80. The largest absolute Gasteiger partial charge is 0.488 e. The van der Waals surface area contributed by atoms with E-state index in [4.69, 9.17) is 21.6 Å². The van der Waals surface area contributed by atoms with Gasteiger partial charge in [-0.05, 0) is 17.6 Å². The van der Waals surface area contributed by atoms with Crippen LogP contribution in [-0.4, -0.2) is 42.1 Å². The standard InChI is InChI=1S/C9H11BClNO3.2C2H4/c1-12(2)9(13)7-4-3-6(10(14)15)5-8(7)11;2*1-2/h3-5,14-15H,1-2H3;2*1-2H2. The van der Waals surface area contributed by atoms with Gasteiger partial charge in [-0.2, -0.15) is 0 Å². The molecule has 0 atom stereocenters. The third-order valence-corrected chi connectivity index (χ3v) is 2.24. The van der Waals surface area contributed by atoms with E-state index in [1.165, 1.54) is 23.1 Å². The van der Waals surface area contributed by atoms with Crippen LogP contribution >= 0.6 is 11.6 Å². The van der Waals surface area contributed by atoms with Crippen molar-refractivity contribution in [3.8, 4) is 0 Å². The van der Waals surface area contributed by atoms with E-state index in [1.54, 1.807) is 14.1 Å². The topological polar surface area (TPSA) is 60.8 Å². The lowest BCUT2D eigenvalue weighted by Crippen LogP contribution is -2.30. The third kappa shape index (κ3) is 6.24. The van der Waals surface area contributed by atoms with Gasteiger partial charge in [0.05, 0.1) is 10.6 Å². The number of amides is 1. The molecule has 0 radical (unpaired) electrons. The van der Waals surface area contributed by atoms with Crippen molar-refractivity contribution in [2.24, 2.45) is 0 Å². The predicted molar refractivity (Wildman–Crippen MR) is 81.8 cm³/mol. The number of rotatable bonds is 2. The molecule has 0 unspecified atom stereocenters. The number of hydrogen-bond acceptors (Lipinski definition) is 3. The second-order valence-corrected chi connectivity index (χ2v) is 3.72. The summed E-state index contributed by atoms with van der Waals surface area (Å²) in [7, 11) is 1.66. The van der Waals surface area contributed by atoms with Gasteiger partial charge in [0.25, 0.3) is 5.91 Å². The molecule has 0 aromatic heterocycles. The maximum absolute atomic E-state index is 11.6. The molecule has 0 aliphatic carbocycles. The van der Waals surface area contributed by atoms with Crippen LogP contribution in [0.5, 0.6) is 0 Å². The SMILES string of the molecule is C=C.C=C.CN(C)C(=O)c1ccc(B(O)O)cc1Cl. The minimum atomic E-state index is -1.58. The number of carbonyl (C=O) groups excluding carboxylic acids is 1. The summed E-state index contributed by atoms with van der Waals surface area (Å²) in [6.45, 7) is 12.0. The van der Waals surface area contributed by atoms with Crippen molar-refractivity contribution in [3.63, 3.8) is 0 Å². The van der Waals surface area contributed by atoms with Crippen LogP contribution in [0.2, 0.25) is 5.02 Å². The Morgan fingerprint density at radius 1 is 1.21 bits per heavy atom. The van der Waals surface area contributed by atoms with Gasteiger partial charge in [0.2, 0.25) is 0 Å². The predicted octanol–water partition coefficient (Wildman–Crippen LogP) is 1.33. The smallest absolute Gasteiger partial charge is 0.423 e. The first-order valence-electron chi connectivity index (χ1n) is 5.30. The van der Waals surface area contributed by atoms with Crippen LogP contribution in [0, 0.1) is 0 Å². The molecule has 0 aliphatic heterocycles. The first-order chi connectivity index (χ1) is 8.93. The molecule has 1 aromatic rings. The highest BCUT2D eigenvalue weighted by atomic mass is 35.5. The van der Waals surface area contributed by atoms with Crippen molar-refractivity contribution in [1.82, 2.24) is 4.90 Å². The van der Waals surface area contributed by atoms with Gasteiger partial charge in [0.1, 0.15) is 0 Å². The van der Waals surface area contributed by atoms with Crippen molar-refractivity contribution in [2.75, 3.05) is 14.1 Å². The van der Waals surface area contributed by atoms with Gasteiger partial charge in [-0.1, -0.05) is 17.7 Å². The van der Waals surface area contributed by atoms with E-state index < -0.39 is 7.12 Å². The summed E-state index contributed by atoms with van der Waals surface area (Å²) >= 11 is 5.84. The Hall–Kier alpha value is -1.56. The molecule has 0 saturated heterocycles. The van der Waals surface area contributed by atoms with Crippen molar-refractivity contribution < 1.29 is 14.8 Å². The number of benzene rings is 1. The molecule has 0 spiro atoms. The van der Waals surface area contributed by atoms with Gasteiger partial charge in [-0.3, -0.25) is 4.79 Å². The fraction of sp³-hybridized carbons (Fsp3) is 0.154. The van der Waals surface area contributed by atoms with Gasteiger partial charge in [0.15, 0.2) is 0 Å². The molecule has 2 N–H and O–H groups in total. The Morgan fingerprint density at radius 3 is 2.00 bits per heavy atom. The van der Waals surface area contributed by atoms with Crippen LogP contribution < -0.4 is 5.46 Å². The Kier molecular flexibility index (Phi) is 10.8. The molecule has 19 heavy (non-hydrogen) atoms. The number of nitrogens with zero attached hydrogens (tertiary/aromatic N) is 1. The van der Waals surface area contributed by atoms with Crippen LogP contribution in [0.1, 0.15) is 10.4 Å². The lowest BCUT2D eigenvalue weighted by Gasteiger charge is -2.12. The van der Waals surface area contributed by atoms with E-state index in [2.05, 4.69) is 26.3 Å². The molecular weight excluding hydrogens is 264 g/mol. The first kappa shape index (κ1) is 19.8. The van der Waals surface area contributed by atoms with Gasteiger partial charge in [-0.15, -0.1) is 26.3 Å². The van der Waals surface area contributed by atoms with E-state index in [0.717, 1.165) is 0 Å². The Balaban J connectivity index is 0. The Labute approximate surface area is 119 Å². The van der Waals surface area contributed by atoms with E-state index in [1.807, 2.05) is 0 Å². The lowest BCUT2D eigenvalue weighted by molar-refractivity contribution is 0.0828. The highest BCUT2D eigenvalue weighted by molar-refractivity contribution is 6.59. The Bertz CT molecular complexity index is 409. The maximum Gasteiger partial charge on any atom is 0.488 e. The summed E-state index contributed by atoms with van der Waals surface area (Å²) < 4.78 is 0. The third-order valence-electron chi connectivity index (χ3n) is 1.93. The molecule has 0 bridgehead atoms. The highest BCUT2D eigenvalue weighted by Gasteiger charge is 2.16. The average Bonchev–Trinajstić information content (AvgIpc) is 2.42. The van der Waals surface area contributed by atoms with Gasteiger partial charge in [-0.25, -0.2) is 0 Å². The summed E-state index contributed by atoms with van der Waals surface area (Å²) in [5, 5.41) is 18.0. The summed E-state index contributed by atoms with van der Waals surface area (Å²) in [5.41, 5.74) is 0.598. The van der Waals surface area contributed by atoms with Gasteiger partial charge in [0, 0.05) is 14.1 Å². The van der Waals surface area contributed by atoms with Crippen LogP contribution in [0.25, 0.3) is 0 Å². The summed E-state index contributed by atoms with van der Waals surface area (Å²) in [5.74, 6) is -0.223. The van der Waals surface area contributed by atoms with E-state index >= 15 is 0 Å². The molecule has 1 amide bonds. The van der Waals surface area contributed by atoms with Crippen LogP contribution in [0.15, 0.2) is 44.5 Å². The van der Waals surface area contributed by atoms with Crippen molar-refractivity contribution in [1.29, 1.82) is 0 Å². The number of carbonyl (C=O) groups is 1. The first-order valence-corrected chi connectivity index (χ1v) is 5.68. The summed E-state index contributed by atoms with van der Waals surface area (Å²) in [4.78, 5) is 13.0. The monoisotopic (exact) mass is 283 g/mol. The zero-order chi connectivity index (χ0) is 15.6. The fourth-order valence-corrected chi connectivity index (χ4v) is 1.38. The Morgan fingerprint density at radius 2 is 1.68 bits per heavy atom.